The van der Waals surface area contributed by atoms with E-state index in [1.807, 2.05) is 18.2 Å². The van der Waals surface area contributed by atoms with Crippen molar-refractivity contribution in [2.45, 2.75) is 5.03 Å². The minimum Gasteiger partial charge on any atom is -0.243 e. The van der Waals surface area contributed by atoms with Crippen LogP contribution in [-0.4, -0.2) is 4.98 Å². The van der Waals surface area contributed by atoms with Gasteiger partial charge in [-0.05, 0) is 12.1 Å². The molecule has 1 aromatic rings. The third kappa shape index (κ3) is 1.46. The molecule has 1 atom stereocenters. The Labute approximate surface area is 56.1 Å². The molecule has 0 fully saturated rings. The summed E-state index contributed by atoms with van der Waals surface area (Å²) in [5.74, 6) is 0. The molecule has 1 aromatic heterocycles. The fourth-order valence-corrected chi connectivity index (χ4v) is 1.000. The molecule has 0 bridgehead atoms. The summed E-state index contributed by atoms with van der Waals surface area (Å²) in [6.07, 6.45) is 0. The Morgan fingerprint density at radius 3 is 2.62 bits per heavy atom. The number of hydrogen-bond donors (Lipinski definition) is 1. The van der Waals surface area contributed by atoms with Crippen molar-refractivity contribution in [2.75, 3.05) is 0 Å². The maximum Gasteiger partial charge on any atom is 0.0936 e. The van der Waals surface area contributed by atoms with E-state index in [1.54, 1.807) is 0 Å². The fraction of sp³-hybridized carbons (Fsp3) is 0. The lowest BCUT2D eigenvalue weighted by molar-refractivity contribution is 1.18. The average Bonchev–Trinajstić information content (AvgIpc) is 1.64. The van der Waals surface area contributed by atoms with Crippen LogP contribution in [-0.2, 0) is 0 Å². The van der Waals surface area contributed by atoms with Crippen molar-refractivity contribution in [3.05, 3.63) is 18.2 Å². The van der Waals surface area contributed by atoms with Gasteiger partial charge in [0.1, 0.15) is 0 Å². The van der Waals surface area contributed by atoms with Gasteiger partial charge in [-0.2, -0.15) is 0 Å². The summed E-state index contributed by atoms with van der Waals surface area (Å²) < 4.78 is 0. The van der Waals surface area contributed by atoms with Crippen molar-refractivity contribution in [1.82, 2.24) is 4.98 Å². The minimum absolute atomic E-state index is 0.762. The topological polar surface area (TPSA) is 12.9 Å². The van der Waals surface area contributed by atoms with Gasteiger partial charge < -0.3 is 0 Å². The second kappa shape index (κ2) is 2.47. The van der Waals surface area contributed by atoms with Crippen molar-refractivity contribution in [3.63, 3.8) is 0 Å². The van der Waals surface area contributed by atoms with Gasteiger partial charge in [-0.15, -0.1) is 12.6 Å². The predicted octanol–water partition coefficient (Wildman–Crippen LogP) is 0.871. The molecule has 1 heterocycles. The lowest BCUT2D eigenvalue weighted by Crippen LogP contribution is -1.94. The van der Waals surface area contributed by atoms with Gasteiger partial charge in [-0.25, -0.2) is 4.98 Å². The molecule has 0 aromatic carbocycles. The molecule has 0 amide bonds. The fourth-order valence-electron chi connectivity index (χ4n) is 0.440. The van der Waals surface area contributed by atoms with Crippen molar-refractivity contribution >= 4 is 27.3 Å². The number of thiol groups is 1. The monoisotopic (exact) mass is 143 g/mol. The van der Waals surface area contributed by atoms with Crippen LogP contribution in [0.2, 0.25) is 0 Å². The van der Waals surface area contributed by atoms with Crippen molar-refractivity contribution in [3.8, 4) is 0 Å². The summed E-state index contributed by atoms with van der Waals surface area (Å²) in [5.41, 5.74) is 0.928. The summed E-state index contributed by atoms with van der Waals surface area (Å²) in [6.45, 7) is 0. The lowest BCUT2D eigenvalue weighted by Gasteiger charge is -1.89. The zero-order valence-corrected chi connectivity index (χ0v) is 6.25. The number of hydrogen-bond acceptors (Lipinski definition) is 2. The minimum atomic E-state index is 0.762. The highest BCUT2D eigenvalue weighted by Crippen LogP contribution is 1.97. The van der Waals surface area contributed by atoms with E-state index in [0.29, 0.717) is 0 Å². The molecule has 1 rings (SSSR count). The Kier molecular flexibility index (Phi) is 1.87. The van der Waals surface area contributed by atoms with Crippen LogP contribution in [0.25, 0.3) is 0 Å². The average molecular weight is 143 g/mol. The number of nitrogens with zero attached hydrogens (tertiary/aromatic N) is 1. The molecular weight excluding hydrogens is 137 g/mol. The van der Waals surface area contributed by atoms with Gasteiger partial charge in [0, 0.05) is 0 Å². The first-order valence-electron chi connectivity index (χ1n) is 2.20. The van der Waals surface area contributed by atoms with Crippen LogP contribution < -0.4 is 5.44 Å². The van der Waals surface area contributed by atoms with Crippen molar-refractivity contribution < 1.29 is 0 Å². The Morgan fingerprint density at radius 1 is 1.50 bits per heavy atom. The molecule has 42 valence electrons. The molecule has 0 saturated heterocycles. The number of pyridine rings is 1. The number of rotatable bonds is 0. The quantitative estimate of drug-likeness (QED) is 0.420. The smallest absolute Gasteiger partial charge is 0.0936 e. The van der Waals surface area contributed by atoms with Crippen molar-refractivity contribution in [1.29, 1.82) is 0 Å². The van der Waals surface area contributed by atoms with Gasteiger partial charge in [0.05, 0.1) is 10.5 Å². The highest BCUT2D eigenvalue weighted by Gasteiger charge is 1.83. The maximum atomic E-state index is 4.03. The Balaban J connectivity index is 3.08. The van der Waals surface area contributed by atoms with Gasteiger partial charge in [-0.1, -0.05) is 15.3 Å². The van der Waals surface area contributed by atoms with Gasteiger partial charge in [0.2, 0.25) is 0 Å². The van der Waals surface area contributed by atoms with Gasteiger partial charge >= 0.3 is 0 Å². The van der Waals surface area contributed by atoms with E-state index in [-0.39, 0.29) is 0 Å². The van der Waals surface area contributed by atoms with Crippen LogP contribution in [0.1, 0.15) is 0 Å². The first-order valence-corrected chi connectivity index (χ1v) is 3.23. The highest BCUT2D eigenvalue weighted by molar-refractivity contribution is 7.80. The third-order valence-corrected chi connectivity index (χ3v) is 1.33. The van der Waals surface area contributed by atoms with Crippen LogP contribution in [0.4, 0.5) is 0 Å². The molecule has 0 aliphatic carbocycles. The van der Waals surface area contributed by atoms with E-state index in [9.17, 15) is 0 Å². The molecule has 1 unspecified atom stereocenters. The molecule has 0 saturated carbocycles. The number of aromatic nitrogens is 1. The van der Waals surface area contributed by atoms with Crippen LogP contribution in [0.5, 0.6) is 0 Å². The van der Waals surface area contributed by atoms with Crippen LogP contribution in [0.15, 0.2) is 23.2 Å². The van der Waals surface area contributed by atoms with E-state index in [1.165, 1.54) is 0 Å². The summed E-state index contributed by atoms with van der Waals surface area (Å²) in [5, 5.41) is 0.762. The Hall–Kier alpha value is -0.0700. The highest BCUT2D eigenvalue weighted by atomic mass is 32.1. The van der Waals surface area contributed by atoms with E-state index in [4.69, 9.17) is 0 Å². The molecule has 0 aliphatic heterocycles. The molecule has 3 heteroatoms. The maximum absolute atomic E-state index is 4.03. The molecular formula is C5H6NPS. The molecule has 0 aliphatic rings. The normalized spacial score (nSPS) is 9.25. The summed E-state index contributed by atoms with van der Waals surface area (Å²) in [6, 6.07) is 5.67. The molecule has 1 nitrogen and oxygen atoms in total. The first kappa shape index (κ1) is 6.06. The third-order valence-electron chi connectivity index (χ3n) is 0.756. The Bertz CT molecular complexity index is 172. The largest absolute Gasteiger partial charge is 0.243 e. The molecule has 0 spiro atoms. The summed E-state index contributed by atoms with van der Waals surface area (Å²) in [4.78, 5) is 4.00. The van der Waals surface area contributed by atoms with E-state index in [0.717, 1.165) is 10.5 Å². The summed E-state index contributed by atoms with van der Waals surface area (Å²) in [7, 11) is 2.50. The molecule has 0 radical (unpaired) electrons. The second-order valence-electron chi connectivity index (χ2n) is 1.42. The predicted molar refractivity (Wildman–Crippen MR) is 40.8 cm³/mol. The molecule has 8 heavy (non-hydrogen) atoms. The standard InChI is InChI=1S/C5H6NPS/c7-4-2-1-3-5(8)6-4/h1-3H,7H2,(H,6,8). The van der Waals surface area contributed by atoms with E-state index >= 15 is 0 Å². The van der Waals surface area contributed by atoms with Crippen LogP contribution in [0.3, 0.4) is 0 Å². The Morgan fingerprint density at radius 2 is 2.25 bits per heavy atom. The zero-order valence-electron chi connectivity index (χ0n) is 4.20. The first-order chi connectivity index (χ1) is 3.79. The van der Waals surface area contributed by atoms with Gasteiger partial charge in [-0.3, -0.25) is 0 Å². The van der Waals surface area contributed by atoms with Crippen LogP contribution >= 0.6 is 21.9 Å². The summed E-state index contributed by atoms with van der Waals surface area (Å²) >= 11 is 4.03. The SMILES string of the molecule is Pc1cccc(S)n1. The van der Waals surface area contributed by atoms with Gasteiger partial charge in [0.25, 0.3) is 0 Å². The zero-order chi connectivity index (χ0) is 5.98. The molecule has 0 N–H and O–H groups in total. The van der Waals surface area contributed by atoms with E-state index < -0.39 is 0 Å². The lowest BCUT2D eigenvalue weighted by atomic mass is 10.5. The van der Waals surface area contributed by atoms with Gasteiger partial charge in [0.15, 0.2) is 0 Å². The second-order valence-corrected chi connectivity index (χ2v) is 2.47. The van der Waals surface area contributed by atoms with E-state index in [2.05, 4.69) is 26.9 Å². The van der Waals surface area contributed by atoms with Crippen LogP contribution in [0, 0.1) is 0 Å². The van der Waals surface area contributed by atoms with Crippen molar-refractivity contribution in [2.24, 2.45) is 0 Å².